The minimum Gasteiger partial charge on any atom is -0.352 e. The molecule has 3 fully saturated rings. The first-order valence-electron chi connectivity index (χ1n) is 6.26. The van der Waals surface area contributed by atoms with Gasteiger partial charge in [-0.2, -0.15) is 0 Å². The Labute approximate surface area is 97.4 Å². The van der Waals surface area contributed by atoms with E-state index in [0.717, 1.165) is 13.0 Å². The van der Waals surface area contributed by atoms with Crippen LogP contribution in [0, 0.1) is 0 Å². The summed E-state index contributed by atoms with van der Waals surface area (Å²) in [5, 5.41) is 2.67. The number of carbonyl (C=O) groups is 1. The molecule has 0 aromatic heterocycles. The molecule has 0 radical (unpaired) electrons. The molecule has 5 heteroatoms. The normalized spacial score (nSPS) is 37.3. The van der Waals surface area contributed by atoms with E-state index in [-0.39, 0.29) is 0 Å². The lowest BCUT2D eigenvalue weighted by Gasteiger charge is -2.54. The zero-order valence-electron chi connectivity index (χ0n) is 10.2. The number of urea groups is 1. The predicted molar refractivity (Wildman–Crippen MR) is 62.7 cm³/mol. The van der Waals surface area contributed by atoms with Gasteiger partial charge in [0, 0.05) is 13.0 Å². The number of rotatable bonds is 4. The number of fused-ring (bicyclic) bond motifs is 3. The van der Waals surface area contributed by atoms with Crippen LogP contribution in [0.1, 0.15) is 6.42 Å². The standard InChI is InChI=1S/C11H23N4O/c1-14-5-8-15(9-6-14,10-7-14)4-2-3-13-11(12)16/h2-10H2,1H3,(H2-,12,13,16)/q+1/p+1. The number of hydrogen-bond acceptors (Lipinski definition) is 1. The first-order valence-corrected chi connectivity index (χ1v) is 6.26. The van der Waals surface area contributed by atoms with Gasteiger partial charge >= 0.3 is 6.03 Å². The molecule has 3 saturated heterocycles. The van der Waals surface area contributed by atoms with Gasteiger partial charge in [-0.25, -0.2) is 4.79 Å². The van der Waals surface area contributed by atoms with Crippen molar-refractivity contribution >= 4 is 6.03 Å². The highest BCUT2D eigenvalue weighted by atomic mass is 16.2. The number of amides is 2. The highest BCUT2D eigenvalue weighted by Gasteiger charge is 2.46. The number of quaternary nitrogens is 2. The molecule has 3 aliphatic rings. The van der Waals surface area contributed by atoms with Gasteiger partial charge in [-0.15, -0.1) is 0 Å². The average Bonchev–Trinajstić information content (AvgIpc) is 2.27. The molecule has 3 N–H and O–H groups in total. The number of nitrogens with one attached hydrogen (secondary N) is 1. The lowest BCUT2D eigenvalue weighted by molar-refractivity contribution is -1.07. The van der Waals surface area contributed by atoms with Crippen LogP contribution in [0.2, 0.25) is 0 Å². The minimum absolute atomic E-state index is 0.401. The van der Waals surface area contributed by atoms with E-state index in [1.165, 1.54) is 54.8 Å². The van der Waals surface area contributed by atoms with Crippen molar-refractivity contribution in [2.24, 2.45) is 5.73 Å². The lowest BCUT2D eigenvalue weighted by atomic mass is 10.1. The van der Waals surface area contributed by atoms with Crippen molar-refractivity contribution in [3.63, 3.8) is 0 Å². The maximum atomic E-state index is 10.6. The van der Waals surface area contributed by atoms with Crippen molar-refractivity contribution in [2.45, 2.75) is 6.42 Å². The first kappa shape index (κ1) is 11.7. The second-order valence-electron chi connectivity index (χ2n) is 5.67. The third-order valence-corrected chi connectivity index (χ3v) is 4.45. The fourth-order valence-corrected chi connectivity index (χ4v) is 2.99. The smallest absolute Gasteiger partial charge is 0.312 e. The Morgan fingerprint density at radius 1 is 1.19 bits per heavy atom. The second-order valence-corrected chi connectivity index (χ2v) is 5.67. The van der Waals surface area contributed by atoms with E-state index in [1.807, 2.05) is 0 Å². The first-order chi connectivity index (χ1) is 7.54. The summed E-state index contributed by atoms with van der Waals surface area (Å²) in [5.41, 5.74) is 5.04. The molecule has 2 amide bonds. The van der Waals surface area contributed by atoms with Crippen LogP contribution in [-0.2, 0) is 0 Å². The van der Waals surface area contributed by atoms with Gasteiger partial charge in [0.1, 0.15) is 39.3 Å². The summed E-state index contributed by atoms with van der Waals surface area (Å²) in [6.45, 7) is 9.82. The summed E-state index contributed by atoms with van der Waals surface area (Å²) < 4.78 is 2.55. The van der Waals surface area contributed by atoms with Gasteiger partial charge in [0.25, 0.3) is 0 Å². The van der Waals surface area contributed by atoms with Gasteiger partial charge in [0.05, 0.1) is 13.6 Å². The van der Waals surface area contributed by atoms with Crippen LogP contribution < -0.4 is 11.1 Å². The molecular weight excluding hydrogens is 204 g/mol. The van der Waals surface area contributed by atoms with Crippen LogP contribution in [0.3, 0.4) is 0 Å². The van der Waals surface area contributed by atoms with E-state index in [4.69, 9.17) is 5.73 Å². The molecule has 0 aliphatic carbocycles. The van der Waals surface area contributed by atoms with E-state index in [9.17, 15) is 4.79 Å². The van der Waals surface area contributed by atoms with Gasteiger partial charge in [-0.05, 0) is 0 Å². The Morgan fingerprint density at radius 3 is 2.25 bits per heavy atom. The number of nitrogens with zero attached hydrogens (tertiary/aromatic N) is 2. The second kappa shape index (κ2) is 4.22. The van der Waals surface area contributed by atoms with Crippen LogP contribution in [0.15, 0.2) is 0 Å². The van der Waals surface area contributed by atoms with Crippen molar-refractivity contribution in [3.8, 4) is 0 Å². The number of likely N-dealkylation sites (N-methyl/N-ethyl adjacent to an activating group) is 1. The Balaban J connectivity index is 1.75. The van der Waals surface area contributed by atoms with Crippen LogP contribution in [0.5, 0.6) is 0 Å². The van der Waals surface area contributed by atoms with Gasteiger partial charge in [-0.3, -0.25) is 0 Å². The molecule has 2 bridgehead atoms. The van der Waals surface area contributed by atoms with Gasteiger partial charge in [0.15, 0.2) is 0 Å². The van der Waals surface area contributed by atoms with Crippen molar-refractivity contribution in [2.75, 3.05) is 59.4 Å². The molecule has 0 aromatic rings. The molecule has 0 unspecified atom stereocenters. The quantitative estimate of drug-likeness (QED) is 0.487. The van der Waals surface area contributed by atoms with Gasteiger partial charge in [-0.1, -0.05) is 0 Å². The molecule has 3 rings (SSSR count). The molecule has 16 heavy (non-hydrogen) atoms. The molecular formula is C11H24N4O+2. The number of carbonyl (C=O) groups excluding carboxylic acids is 1. The number of piperazine rings is 3. The summed E-state index contributed by atoms with van der Waals surface area (Å²) in [4.78, 5) is 10.6. The summed E-state index contributed by atoms with van der Waals surface area (Å²) >= 11 is 0. The zero-order valence-corrected chi connectivity index (χ0v) is 10.2. The van der Waals surface area contributed by atoms with E-state index in [0.29, 0.717) is 0 Å². The maximum absolute atomic E-state index is 10.6. The summed E-state index contributed by atoms with van der Waals surface area (Å²) in [5.74, 6) is 0. The van der Waals surface area contributed by atoms with Crippen LogP contribution >= 0.6 is 0 Å². The van der Waals surface area contributed by atoms with Crippen molar-refractivity contribution in [3.05, 3.63) is 0 Å². The molecule has 92 valence electrons. The number of nitrogens with two attached hydrogens (primary N) is 1. The predicted octanol–water partition coefficient (Wildman–Crippen LogP) is -0.665. The minimum atomic E-state index is -0.401. The summed E-state index contributed by atoms with van der Waals surface area (Å²) in [6, 6.07) is -0.401. The Bertz CT molecular complexity index is 255. The van der Waals surface area contributed by atoms with Crippen molar-refractivity contribution < 1.29 is 13.8 Å². The van der Waals surface area contributed by atoms with E-state index in [1.54, 1.807) is 0 Å². The molecule has 0 aromatic carbocycles. The largest absolute Gasteiger partial charge is 0.352 e. The van der Waals surface area contributed by atoms with Gasteiger partial charge < -0.3 is 20.0 Å². The summed E-state index contributed by atoms with van der Waals surface area (Å²) in [6.07, 6.45) is 1.05. The van der Waals surface area contributed by atoms with Crippen LogP contribution in [0.25, 0.3) is 0 Å². The average molecular weight is 228 g/mol. The fourth-order valence-electron chi connectivity index (χ4n) is 2.99. The molecule has 3 heterocycles. The van der Waals surface area contributed by atoms with Gasteiger partial charge in [0.2, 0.25) is 0 Å². The highest BCUT2D eigenvalue weighted by molar-refractivity contribution is 5.71. The number of hydrogen-bond donors (Lipinski definition) is 2. The van der Waals surface area contributed by atoms with E-state index in [2.05, 4.69) is 12.4 Å². The fraction of sp³-hybridized carbons (Fsp3) is 0.909. The third kappa shape index (κ3) is 2.47. The Morgan fingerprint density at radius 2 is 1.75 bits per heavy atom. The molecule has 0 spiro atoms. The molecule has 5 nitrogen and oxygen atoms in total. The topological polar surface area (TPSA) is 55.1 Å². The molecule has 3 aliphatic heterocycles. The zero-order chi connectivity index (χ0) is 11.6. The lowest BCUT2D eigenvalue weighted by Crippen LogP contribution is -2.73. The third-order valence-electron chi connectivity index (χ3n) is 4.45. The highest BCUT2D eigenvalue weighted by Crippen LogP contribution is 2.24. The monoisotopic (exact) mass is 228 g/mol. The summed E-state index contributed by atoms with van der Waals surface area (Å²) in [7, 11) is 2.38. The Kier molecular flexibility index (Phi) is 3.08. The van der Waals surface area contributed by atoms with E-state index < -0.39 is 6.03 Å². The number of primary amides is 1. The molecule has 0 saturated carbocycles. The maximum Gasteiger partial charge on any atom is 0.312 e. The van der Waals surface area contributed by atoms with Crippen LogP contribution in [-0.4, -0.2) is 74.4 Å². The van der Waals surface area contributed by atoms with Crippen LogP contribution in [0.4, 0.5) is 4.79 Å². The van der Waals surface area contributed by atoms with Crippen molar-refractivity contribution in [1.29, 1.82) is 0 Å². The Hall–Kier alpha value is -0.810. The SMILES string of the molecule is C[N+]12CC[N+](CCCNC(N)=O)(CC1)CC2. The van der Waals surface area contributed by atoms with E-state index >= 15 is 0 Å². The molecule has 0 atom stereocenters. The van der Waals surface area contributed by atoms with Crippen molar-refractivity contribution in [1.82, 2.24) is 5.32 Å².